The van der Waals surface area contributed by atoms with Crippen LogP contribution in [0.4, 0.5) is 0 Å². The van der Waals surface area contributed by atoms with Gasteiger partial charge in [-0.25, -0.2) is 9.13 Å². The predicted octanol–water partition coefficient (Wildman–Crippen LogP) is 4.28. The third-order valence-corrected chi connectivity index (χ3v) is 4.59. The Bertz CT molecular complexity index is 848. The van der Waals surface area contributed by atoms with E-state index in [0.717, 1.165) is 0 Å². The number of hydrogen-bond acceptors (Lipinski definition) is 0. The van der Waals surface area contributed by atoms with E-state index < -0.39 is 0 Å². The number of rotatable bonds is 1. The van der Waals surface area contributed by atoms with Gasteiger partial charge in [0.1, 0.15) is 0 Å². The minimum atomic E-state index is 0.167. The van der Waals surface area contributed by atoms with E-state index >= 15 is 0 Å². The van der Waals surface area contributed by atoms with Gasteiger partial charge in [-0.05, 0) is 41.7 Å². The van der Waals surface area contributed by atoms with Crippen LogP contribution in [0.25, 0.3) is 22.4 Å². The van der Waals surface area contributed by atoms with Gasteiger partial charge in [0.15, 0.2) is 11.0 Å². The normalized spacial score (nSPS) is 12.1. The molecule has 0 bridgehead atoms. The van der Waals surface area contributed by atoms with Gasteiger partial charge in [-0.2, -0.15) is 0 Å². The van der Waals surface area contributed by atoms with Crippen LogP contribution in [0, 0.1) is 6.92 Å². The molecule has 0 aliphatic carbocycles. The molecule has 0 spiro atoms. The zero-order valence-corrected chi connectivity index (χ0v) is 14.4. The number of benzene rings is 2. The molecule has 1 aromatic heterocycles. The van der Waals surface area contributed by atoms with Crippen LogP contribution in [0.5, 0.6) is 0 Å². The molecule has 0 aliphatic rings. The second-order valence-corrected chi connectivity index (χ2v) is 7.21. The van der Waals surface area contributed by atoms with Crippen LogP contribution in [0.1, 0.15) is 31.9 Å². The summed E-state index contributed by atoms with van der Waals surface area (Å²) in [4.78, 5) is 0. The van der Waals surface area contributed by atoms with E-state index in [-0.39, 0.29) is 5.41 Å². The lowest BCUT2D eigenvalue weighted by Crippen LogP contribution is -2.30. The molecule has 2 aromatic carbocycles. The Morgan fingerprint density at radius 1 is 1.00 bits per heavy atom. The van der Waals surface area contributed by atoms with Crippen LogP contribution in [-0.4, -0.2) is 4.57 Å². The van der Waals surface area contributed by atoms with Crippen molar-refractivity contribution in [2.75, 3.05) is 0 Å². The van der Waals surface area contributed by atoms with Crippen molar-refractivity contribution in [1.29, 1.82) is 0 Å². The maximum absolute atomic E-state index is 2.33. The summed E-state index contributed by atoms with van der Waals surface area (Å²) >= 11 is 0. The lowest BCUT2D eigenvalue weighted by atomic mass is 9.87. The molecular weight excluding hydrogens is 268 g/mol. The van der Waals surface area contributed by atoms with E-state index in [1.54, 1.807) is 0 Å². The van der Waals surface area contributed by atoms with Crippen LogP contribution in [-0.2, 0) is 19.5 Å². The zero-order valence-electron chi connectivity index (χ0n) is 14.4. The summed E-state index contributed by atoms with van der Waals surface area (Å²) in [6.07, 6.45) is 0. The summed E-state index contributed by atoms with van der Waals surface area (Å²) in [7, 11) is 4.32. The van der Waals surface area contributed by atoms with Crippen molar-refractivity contribution >= 4 is 11.0 Å². The Balaban J connectivity index is 2.32. The Morgan fingerprint density at radius 3 is 2.32 bits per heavy atom. The Kier molecular flexibility index (Phi) is 3.36. The molecule has 114 valence electrons. The van der Waals surface area contributed by atoms with Gasteiger partial charge < -0.3 is 0 Å². The highest BCUT2D eigenvalue weighted by Crippen LogP contribution is 2.28. The Morgan fingerprint density at radius 2 is 1.68 bits per heavy atom. The molecule has 2 heteroatoms. The van der Waals surface area contributed by atoms with E-state index in [1.165, 1.54) is 33.5 Å². The van der Waals surface area contributed by atoms with Crippen molar-refractivity contribution in [3.63, 3.8) is 0 Å². The standard InChI is InChI=1S/C20H25N2/c1-14-9-7-8-10-16(14)19-21(5)17-12-11-15(20(2,3)4)13-18(17)22(19)6/h7-13H,1-6H3/q+1. The molecule has 3 rings (SSSR count). The maximum atomic E-state index is 2.33. The summed E-state index contributed by atoms with van der Waals surface area (Å²) in [6.45, 7) is 8.96. The second kappa shape index (κ2) is 4.98. The van der Waals surface area contributed by atoms with Crippen molar-refractivity contribution in [3.8, 4) is 11.4 Å². The summed E-state index contributed by atoms with van der Waals surface area (Å²) in [5, 5.41) is 0. The van der Waals surface area contributed by atoms with Gasteiger partial charge >= 0.3 is 0 Å². The predicted molar refractivity (Wildman–Crippen MR) is 93.0 cm³/mol. The molecular formula is C20H25N2+. The van der Waals surface area contributed by atoms with Crippen LogP contribution in [0.15, 0.2) is 42.5 Å². The monoisotopic (exact) mass is 293 g/mol. The molecule has 0 atom stereocenters. The molecule has 0 radical (unpaired) electrons. The molecule has 0 saturated heterocycles. The third-order valence-electron chi connectivity index (χ3n) is 4.59. The van der Waals surface area contributed by atoms with Crippen molar-refractivity contribution in [2.24, 2.45) is 14.1 Å². The second-order valence-electron chi connectivity index (χ2n) is 7.21. The first-order valence-corrected chi connectivity index (χ1v) is 7.85. The molecule has 0 unspecified atom stereocenters. The molecule has 22 heavy (non-hydrogen) atoms. The van der Waals surface area contributed by atoms with Gasteiger partial charge in [0.2, 0.25) is 0 Å². The molecule has 0 saturated carbocycles. The number of nitrogens with zero attached hydrogens (tertiary/aromatic N) is 2. The fourth-order valence-corrected chi connectivity index (χ4v) is 3.18. The number of aromatic nitrogens is 2. The van der Waals surface area contributed by atoms with Crippen LogP contribution in [0.3, 0.4) is 0 Å². The number of imidazole rings is 1. The summed E-state index contributed by atoms with van der Waals surface area (Å²) < 4.78 is 4.61. The third kappa shape index (κ3) is 2.23. The van der Waals surface area contributed by atoms with Crippen molar-refractivity contribution in [3.05, 3.63) is 53.6 Å². The van der Waals surface area contributed by atoms with E-state index in [9.17, 15) is 0 Å². The van der Waals surface area contributed by atoms with Gasteiger partial charge in [0.05, 0.1) is 19.7 Å². The molecule has 2 nitrogen and oxygen atoms in total. The van der Waals surface area contributed by atoms with E-state index in [1.807, 2.05) is 0 Å². The lowest BCUT2D eigenvalue weighted by Gasteiger charge is -2.18. The lowest BCUT2D eigenvalue weighted by molar-refractivity contribution is -0.634. The van der Waals surface area contributed by atoms with Crippen LogP contribution < -0.4 is 4.57 Å². The minimum absolute atomic E-state index is 0.167. The van der Waals surface area contributed by atoms with Gasteiger partial charge in [0, 0.05) is 0 Å². The number of hydrogen-bond donors (Lipinski definition) is 0. The SMILES string of the molecule is Cc1ccccc1-c1n(C)c2cc(C(C)(C)C)ccc2[n+]1C. The first kappa shape index (κ1) is 14.8. The largest absolute Gasteiger partial charge is 0.289 e. The summed E-state index contributed by atoms with van der Waals surface area (Å²) in [6, 6.07) is 15.4. The van der Waals surface area contributed by atoms with E-state index in [2.05, 4.69) is 93.4 Å². The molecule has 0 amide bonds. The average molecular weight is 293 g/mol. The molecule has 0 aliphatic heterocycles. The van der Waals surface area contributed by atoms with E-state index in [0.29, 0.717) is 0 Å². The average Bonchev–Trinajstić information content (AvgIpc) is 2.71. The maximum Gasteiger partial charge on any atom is 0.289 e. The molecule has 0 fully saturated rings. The van der Waals surface area contributed by atoms with Crippen LogP contribution >= 0.6 is 0 Å². The van der Waals surface area contributed by atoms with Gasteiger partial charge in [0.25, 0.3) is 5.82 Å². The first-order chi connectivity index (χ1) is 10.3. The van der Waals surface area contributed by atoms with Gasteiger partial charge in [-0.3, -0.25) is 0 Å². The van der Waals surface area contributed by atoms with Gasteiger partial charge in [-0.15, -0.1) is 0 Å². The highest BCUT2D eigenvalue weighted by atomic mass is 15.1. The van der Waals surface area contributed by atoms with Crippen molar-refractivity contribution in [2.45, 2.75) is 33.1 Å². The van der Waals surface area contributed by atoms with Crippen molar-refractivity contribution < 1.29 is 4.57 Å². The minimum Gasteiger partial charge on any atom is -0.226 e. The quantitative estimate of drug-likeness (QED) is 0.592. The molecule has 3 aromatic rings. The topological polar surface area (TPSA) is 8.81 Å². The summed E-state index contributed by atoms with van der Waals surface area (Å²) in [5.41, 5.74) is 6.69. The van der Waals surface area contributed by atoms with E-state index in [4.69, 9.17) is 0 Å². The fourth-order valence-electron chi connectivity index (χ4n) is 3.18. The molecule has 0 N–H and O–H groups in total. The van der Waals surface area contributed by atoms with Gasteiger partial charge in [-0.1, -0.05) is 45.0 Å². The smallest absolute Gasteiger partial charge is 0.226 e. The number of fused-ring (bicyclic) bond motifs is 1. The van der Waals surface area contributed by atoms with Crippen molar-refractivity contribution in [1.82, 2.24) is 4.57 Å². The first-order valence-electron chi connectivity index (χ1n) is 7.85. The zero-order chi connectivity index (χ0) is 16.1. The fraction of sp³-hybridized carbons (Fsp3) is 0.350. The highest BCUT2D eigenvalue weighted by molar-refractivity contribution is 5.77. The van der Waals surface area contributed by atoms with Crippen LogP contribution in [0.2, 0.25) is 0 Å². The molecule has 1 heterocycles. The number of aryl methyl sites for hydroxylation is 3. The highest BCUT2D eigenvalue weighted by Gasteiger charge is 2.24. The Hall–Kier alpha value is -2.09. The summed E-state index contributed by atoms with van der Waals surface area (Å²) in [5.74, 6) is 1.25. The Labute approximate surface area is 133 Å².